The standard InChI is InChI=1S/C26H29N5OS2/c1-3-16-10-11-18-21(14-27)25(34-22(18)12-16)28-23(32)15-33-26-30-29-24(31(26)4-2)20-13-19(20)17-8-6-5-7-9-17/h5-9,16,19-20H,3-4,10-13,15H2,1-2H3,(H,28,32). The van der Waals surface area contributed by atoms with Crippen molar-refractivity contribution in [1.82, 2.24) is 14.8 Å². The number of carbonyl (C=O) groups is 1. The van der Waals surface area contributed by atoms with Crippen LogP contribution in [0, 0.1) is 17.2 Å². The van der Waals surface area contributed by atoms with Crippen LogP contribution in [0.2, 0.25) is 0 Å². The lowest BCUT2D eigenvalue weighted by atomic mass is 9.86. The molecule has 3 aromatic rings. The van der Waals surface area contributed by atoms with Gasteiger partial charge in [0.1, 0.15) is 16.9 Å². The SMILES string of the molecule is CCC1CCc2c(sc(NC(=O)CSc3nnc(C4CC4c4ccccc4)n3CC)c2C#N)C1. The number of rotatable bonds is 8. The average molecular weight is 492 g/mol. The molecule has 0 radical (unpaired) electrons. The first-order valence-corrected chi connectivity index (χ1v) is 13.9. The van der Waals surface area contributed by atoms with Crippen LogP contribution in [0.3, 0.4) is 0 Å². The molecule has 0 bridgehead atoms. The number of fused-ring (bicyclic) bond motifs is 1. The number of hydrogen-bond acceptors (Lipinski definition) is 6. The van der Waals surface area contributed by atoms with Crippen LogP contribution in [0.4, 0.5) is 5.00 Å². The molecule has 0 saturated heterocycles. The molecule has 2 aliphatic rings. The summed E-state index contributed by atoms with van der Waals surface area (Å²) in [5, 5.41) is 23.1. The van der Waals surface area contributed by atoms with E-state index in [0.29, 0.717) is 28.3 Å². The topological polar surface area (TPSA) is 83.6 Å². The van der Waals surface area contributed by atoms with Crippen LogP contribution < -0.4 is 5.32 Å². The summed E-state index contributed by atoms with van der Waals surface area (Å²) in [4.78, 5) is 14.1. The van der Waals surface area contributed by atoms with Crippen molar-refractivity contribution >= 4 is 34.0 Å². The van der Waals surface area contributed by atoms with Gasteiger partial charge in [-0.2, -0.15) is 5.26 Å². The third-order valence-electron chi connectivity index (χ3n) is 7.05. The largest absolute Gasteiger partial charge is 0.316 e. The van der Waals surface area contributed by atoms with Gasteiger partial charge in [-0.05, 0) is 55.6 Å². The Morgan fingerprint density at radius 3 is 2.82 bits per heavy atom. The van der Waals surface area contributed by atoms with Crippen molar-refractivity contribution in [3.8, 4) is 6.07 Å². The average Bonchev–Trinajstić information content (AvgIpc) is 3.43. The Kier molecular flexibility index (Phi) is 6.75. The smallest absolute Gasteiger partial charge is 0.235 e. The molecule has 34 heavy (non-hydrogen) atoms. The zero-order valence-electron chi connectivity index (χ0n) is 19.6. The molecule has 176 valence electrons. The quantitative estimate of drug-likeness (QED) is 0.406. The molecule has 1 fully saturated rings. The van der Waals surface area contributed by atoms with Gasteiger partial charge in [0.05, 0.1) is 11.3 Å². The number of benzene rings is 1. The number of nitrogens with one attached hydrogen (secondary N) is 1. The van der Waals surface area contributed by atoms with Gasteiger partial charge in [0.25, 0.3) is 0 Å². The van der Waals surface area contributed by atoms with E-state index in [9.17, 15) is 10.1 Å². The van der Waals surface area contributed by atoms with E-state index in [0.717, 1.165) is 55.2 Å². The summed E-state index contributed by atoms with van der Waals surface area (Å²) in [6.45, 7) is 5.09. The van der Waals surface area contributed by atoms with E-state index in [4.69, 9.17) is 0 Å². The second kappa shape index (κ2) is 9.93. The lowest BCUT2D eigenvalue weighted by molar-refractivity contribution is -0.113. The highest BCUT2D eigenvalue weighted by molar-refractivity contribution is 7.99. The van der Waals surface area contributed by atoms with Crippen LogP contribution in [0.5, 0.6) is 0 Å². The second-order valence-electron chi connectivity index (χ2n) is 9.12. The second-order valence-corrected chi connectivity index (χ2v) is 11.2. The third kappa shape index (κ3) is 4.51. The van der Waals surface area contributed by atoms with Crippen molar-refractivity contribution in [3.63, 3.8) is 0 Å². The lowest BCUT2D eigenvalue weighted by Crippen LogP contribution is -2.15. The molecule has 0 spiro atoms. The number of thioether (sulfide) groups is 1. The van der Waals surface area contributed by atoms with Gasteiger partial charge in [0.15, 0.2) is 5.16 Å². The van der Waals surface area contributed by atoms with E-state index < -0.39 is 0 Å². The van der Waals surface area contributed by atoms with Crippen LogP contribution >= 0.6 is 23.1 Å². The van der Waals surface area contributed by atoms with Crippen molar-refractivity contribution in [3.05, 3.63) is 57.7 Å². The molecule has 3 unspecified atom stereocenters. The Bertz CT molecular complexity index is 1230. The molecular weight excluding hydrogens is 462 g/mol. The molecule has 0 aliphatic heterocycles. The van der Waals surface area contributed by atoms with Gasteiger partial charge < -0.3 is 9.88 Å². The van der Waals surface area contributed by atoms with Crippen LogP contribution in [-0.2, 0) is 24.2 Å². The predicted molar refractivity (Wildman–Crippen MR) is 136 cm³/mol. The number of nitrogens with zero attached hydrogens (tertiary/aromatic N) is 4. The molecule has 1 saturated carbocycles. The number of thiophene rings is 1. The number of hydrogen-bond donors (Lipinski definition) is 1. The molecule has 5 rings (SSSR count). The molecule has 2 heterocycles. The molecule has 3 atom stereocenters. The molecule has 2 aliphatic carbocycles. The van der Waals surface area contributed by atoms with Gasteiger partial charge in [0.2, 0.25) is 5.91 Å². The van der Waals surface area contributed by atoms with E-state index in [1.165, 1.54) is 22.2 Å². The van der Waals surface area contributed by atoms with Gasteiger partial charge in [-0.15, -0.1) is 21.5 Å². The maximum absolute atomic E-state index is 12.8. The summed E-state index contributed by atoms with van der Waals surface area (Å²) in [6, 6.07) is 12.9. The van der Waals surface area contributed by atoms with Crippen molar-refractivity contribution in [2.75, 3.05) is 11.1 Å². The van der Waals surface area contributed by atoms with Crippen molar-refractivity contribution in [1.29, 1.82) is 5.26 Å². The first-order chi connectivity index (χ1) is 16.6. The molecule has 1 amide bonds. The van der Waals surface area contributed by atoms with Crippen LogP contribution in [-0.4, -0.2) is 26.4 Å². The minimum Gasteiger partial charge on any atom is -0.316 e. The number of aromatic nitrogens is 3. The highest BCUT2D eigenvalue weighted by atomic mass is 32.2. The molecule has 1 aromatic carbocycles. The predicted octanol–water partition coefficient (Wildman–Crippen LogP) is 5.75. The molecular formula is C26H29N5OS2. The minimum absolute atomic E-state index is 0.104. The highest BCUT2D eigenvalue weighted by Gasteiger charge is 2.43. The van der Waals surface area contributed by atoms with Gasteiger partial charge in [0, 0.05) is 17.3 Å². The summed E-state index contributed by atoms with van der Waals surface area (Å²) in [6.07, 6.45) is 5.32. The Morgan fingerprint density at radius 1 is 1.26 bits per heavy atom. The Labute approximate surface area is 208 Å². The van der Waals surface area contributed by atoms with Gasteiger partial charge in [-0.1, -0.05) is 55.4 Å². The monoisotopic (exact) mass is 491 g/mol. The van der Waals surface area contributed by atoms with E-state index in [1.54, 1.807) is 11.3 Å². The summed E-state index contributed by atoms with van der Waals surface area (Å²) >= 11 is 2.99. The zero-order valence-corrected chi connectivity index (χ0v) is 21.2. The van der Waals surface area contributed by atoms with Crippen molar-refractivity contribution < 1.29 is 4.79 Å². The lowest BCUT2D eigenvalue weighted by Gasteiger charge is -2.20. The van der Waals surface area contributed by atoms with Gasteiger partial charge in [-0.25, -0.2) is 0 Å². The Hall–Kier alpha value is -2.63. The van der Waals surface area contributed by atoms with Gasteiger partial charge >= 0.3 is 0 Å². The van der Waals surface area contributed by atoms with E-state index >= 15 is 0 Å². The van der Waals surface area contributed by atoms with E-state index in [2.05, 4.69) is 64.3 Å². The maximum atomic E-state index is 12.8. The molecule has 2 aromatic heterocycles. The normalized spacial score (nSPS) is 21.0. The first-order valence-electron chi connectivity index (χ1n) is 12.1. The van der Waals surface area contributed by atoms with Crippen LogP contribution in [0.25, 0.3) is 0 Å². The van der Waals surface area contributed by atoms with E-state index in [-0.39, 0.29) is 11.7 Å². The van der Waals surface area contributed by atoms with Crippen LogP contribution in [0.15, 0.2) is 35.5 Å². The van der Waals surface area contributed by atoms with Gasteiger partial charge in [-0.3, -0.25) is 4.79 Å². The fourth-order valence-electron chi connectivity index (χ4n) is 5.03. The zero-order chi connectivity index (χ0) is 23.7. The molecule has 1 N–H and O–H groups in total. The number of carbonyl (C=O) groups excluding carboxylic acids is 1. The summed E-state index contributed by atoms with van der Waals surface area (Å²) in [5.41, 5.74) is 3.16. The summed E-state index contributed by atoms with van der Waals surface area (Å²) in [5.74, 6) is 2.73. The minimum atomic E-state index is -0.104. The number of nitriles is 1. The Morgan fingerprint density at radius 2 is 2.09 bits per heavy atom. The third-order valence-corrected chi connectivity index (χ3v) is 9.19. The summed E-state index contributed by atoms with van der Waals surface area (Å²) in [7, 11) is 0. The summed E-state index contributed by atoms with van der Waals surface area (Å²) < 4.78 is 2.14. The fraction of sp³-hybridized carbons (Fsp3) is 0.462. The first kappa shape index (κ1) is 23.1. The number of amides is 1. The Balaban J connectivity index is 1.23. The van der Waals surface area contributed by atoms with Crippen LogP contribution in [0.1, 0.15) is 72.3 Å². The van der Waals surface area contributed by atoms with Crippen molar-refractivity contribution in [2.24, 2.45) is 5.92 Å². The highest BCUT2D eigenvalue weighted by Crippen LogP contribution is 2.54. The van der Waals surface area contributed by atoms with Crippen molar-refractivity contribution in [2.45, 2.75) is 69.5 Å². The fourth-order valence-corrected chi connectivity index (χ4v) is 7.17. The number of anilines is 1. The molecule has 8 heteroatoms. The van der Waals surface area contributed by atoms with E-state index in [1.807, 2.05) is 6.07 Å². The maximum Gasteiger partial charge on any atom is 0.235 e. The molecule has 6 nitrogen and oxygen atoms in total.